The second-order valence-corrected chi connectivity index (χ2v) is 5.99. The van der Waals surface area contributed by atoms with E-state index in [1.807, 2.05) is 0 Å². The number of carboxylic acids is 3. The summed E-state index contributed by atoms with van der Waals surface area (Å²) in [5.74, 6) is -3.32. The van der Waals surface area contributed by atoms with E-state index in [9.17, 15) is 28.8 Å². The Kier molecular flexibility index (Phi) is 11.6. The summed E-state index contributed by atoms with van der Waals surface area (Å²) in [6.07, 6.45) is 2.31. The predicted molar refractivity (Wildman–Crippen MR) is 86.4 cm³/mol. The zero-order chi connectivity index (χ0) is 20.6. The molecule has 0 saturated carbocycles. The molecule has 3 fully saturated rings. The summed E-state index contributed by atoms with van der Waals surface area (Å²) in [6.45, 7) is 0. The van der Waals surface area contributed by atoms with Crippen molar-refractivity contribution in [3.63, 3.8) is 0 Å². The summed E-state index contributed by atoms with van der Waals surface area (Å²) in [6, 6.07) is -1.92. The topological polar surface area (TPSA) is 199 Å². The second-order valence-electron chi connectivity index (χ2n) is 5.99. The maximum atomic E-state index is 10.4. The number of aliphatic carboxylic acids is 3. The van der Waals surface area contributed by atoms with Crippen molar-refractivity contribution in [3.05, 3.63) is 0 Å². The number of carboxylic acid groups (broad SMARTS) is 3. The zero-order valence-electron chi connectivity index (χ0n) is 14.5. The summed E-state index contributed by atoms with van der Waals surface area (Å²) < 4.78 is 0. The van der Waals surface area contributed by atoms with Crippen molar-refractivity contribution in [1.29, 1.82) is 0 Å². The van der Waals surface area contributed by atoms with Crippen molar-refractivity contribution in [2.75, 3.05) is 0 Å². The number of hydrogen-bond acceptors (Lipinski definition) is 6. The van der Waals surface area contributed by atoms with Gasteiger partial charge in [0.1, 0.15) is 18.1 Å². The Balaban J connectivity index is 0.000000384. The first-order valence-electron chi connectivity index (χ1n) is 8.16. The van der Waals surface area contributed by atoms with Crippen molar-refractivity contribution in [1.82, 2.24) is 16.0 Å². The third-order valence-corrected chi connectivity index (χ3v) is 3.88. The van der Waals surface area contributed by atoms with Crippen LogP contribution >= 0.6 is 0 Å². The van der Waals surface area contributed by atoms with Gasteiger partial charge >= 0.3 is 17.9 Å². The fraction of sp³-hybridized carbons (Fsp3) is 0.600. The van der Waals surface area contributed by atoms with E-state index in [2.05, 4.69) is 16.0 Å². The summed E-state index contributed by atoms with van der Waals surface area (Å²) in [7, 11) is 0. The fourth-order valence-corrected chi connectivity index (χ4v) is 2.40. The molecule has 6 N–H and O–H groups in total. The molecule has 3 atom stereocenters. The summed E-state index contributed by atoms with van der Waals surface area (Å²) in [4.78, 5) is 61.5. The maximum absolute atomic E-state index is 10.4. The van der Waals surface area contributed by atoms with Crippen LogP contribution in [0.15, 0.2) is 0 Å². The molecular formula is C15H21N3O9Tm. The first kappa shape index (κ1) is 26.1. The van der Waals surface area contributed by atoms with Gasteiger partial charge in [-0.1, -0.05) is 0 Å². The minimum atomic E-state index is -0.944. The van der Waals surface area contributed by atoms with E-state index in [4.69, 9.17) is 15.3 Å². The second kappa shape index (κ2) is 12.5. The van der Waals surface area contributed by atoms with Gasteiger partial charge in [-0.25, -0.2) is 14.4 Å². The zero-order valence-corrected chi connectivity index (χ0v) is 16.3. The summed E-state index contributed by atoms with van der Waals surface area (Å²) in [5.41, 5.74) is 0. The van der Waals surface area contributed by atoms with Crippen LogP contribution in [0.2, 0.25) is 0 Å². The van der Waals surface area contributed by atoms with Crippen molar-refractivity contribution < 1.29 is 81.0 Å². The first-order chi connectivity index (χ1) is 12.6. The van der Waals surface area contributed by atoms with Gasteiger partial charge in [0.15, 0.2) is 0 Å². The van der Waals surface area contributed by atoms with E-state index in [0.29, 0.717) is 38.5 Å². The molecule has 0 spiro atoms. The van der Waals surface area contributed by atoms with Crippen LogP contribution in [0.25, 0.3) is 0 Å². The molecule has 0 aromatic heterocycles. The Morgan fingerprint density at radius 3 is 0.893 bits per heavy atom. The van der Waals surface area contributed by atoms with Crippen LogP contribution in [0.5, 0.6) is 0 Å². The van der Waals surface area contributed by atoms with E-state index >= 15 is 0 Å². The largest absolute Gasteiger partial charge is 0.480 e. The Hall–Kier alpha value is -1.95. The Morgan fingerprint density at radius 2 is 0.821 bits per heavy atom. The molecule has 3 heterocycles. The third-order valence-electron chi connectivity index (χ3n) is 3.88. The quantitative estimate of drug-likeness (QED) is 0.229. The van der Waals surface area contributed by atoms with Gasteiger partial charge in [-0.15, -0.1) is 0 Å². The maximum Gasteiger partial charge on any atom is 0.326 e. The first-order valence-corrected chi connectivity index (χ1v) is 8.16. The molecule has 13 heteroatoms. The number of carbonyl (C=O) groups excluding carboxylic acids is 3. The van der Waals surface area contributed by atoms with E-state index < -0.39 is 36.0 Å². The Morgan fingerprint density at radius 1 is 0.607 bits per heavy atom. The van der Waals surface area contributed by atoms with Crippen LogP contribution < -0.4 is 16.0 Å². The van der Waals surface area contributed by atoms with Gasteiger partial charge in [0.05, 0.1) is 0 Å². The van der Waals surface area contributed by atoms with Crippen LogP contribution in [0, 0.1) is 36.9 Å². The number of amides is 3. The monoisotopic (exact) mass is 556 g/mol. The predicted octanol–water partition coefficient (Wildman–Crippen LogP) is -1.95. The third kappa shape index (κ3) is 9.31. The molecule has 12 nitrogen and oxygen atoms in total. The molecule has 3 aliphatic rings. The molecule has 163 valence electrons. The van der Waals surface area contributed by atoms with Crippen molar-refractivity contribution in [3.8, 4) is 0 Å². The van der Waals surface area contributed by atoms with Crippen LogP contribution in [0.4, 0.5) is 0 Å². The van der Waals surface area contributed by atoms with Crippen molar-refractivity contribution in [2.45, 2.75) is 56.7 Å². The van der Waals surface area contributed by atoms with E-state index in [-0.39, 0.29) is 54.6 Å². The molecule has 3 unspecified atom stereocenters. The van der Waals surface area contributed by atoms with Gasteiger partial charge in [0, 0.05) is 56.1 Å². The number of hydrogen-bond donors (Lipinski definition) is 6. The number of rotatable bonds is 3. The number of nitrogens with one attached hydrogen (secondary N) is 3. The molecule has 0 aliphatic carbocycles. The van der Waals surface area contributed by atoms with Gasteiger partial charge in [-0.3, -0.25) is 14.4 Å². The molecule has 3 saturated heterocycles. The van der Waals surface area contributed by atoms with Gasteiger partial charge < -0.3 is 31.3 Å². The Bertz CT molecular complexity index is 555. The normalized spacial score (nSPS) is 24.9. The minimum absolute atomic E-state index is 0. The van der Waals surface area contributed by atoms with Gasteiger partial charge in [0.2, 0.25) is 17.7 Å². The molecule has 3 rings (SSSR count). The van der Waals surface area contributed by atoms with Crippen LogP contribution in [-0.4, -0.2) is 69.1 Å². The molecule has 28 heavy (non-hydrogen) atoms. The summed E-state index contributed by atoms with van der Waals surface area (Å²) in [5, 5.41) is 31.9. The summed E-state index contributed by atoms with van der Waals surface area (Å²) >= 11 is 0. The van der Waals surface area contributed by atoms with Crippen molar-refractivity contribution >= 4 is 35.6 Å². The van der Waals surface area contributed by atoms with Crippen LogP contribution in [0.1, 0.15) is 38.5 Å². The molecule has 1 radical (unpaired) electrons. The SMILES string of the molecule is O=C1CCC(C(=O)O)N1.O=C1CCC(C(=O)O)N1.O=C1CCC(C(=O)O)N1.[Tm]. The van der Waals surface area contributed by atoms with Crippen LogP contribution in [0.3, 0.4) is 0 Å². The van der Waals surface area contributed by atoms with Gasteiger partial charge in [0.25, 0.3) is 0 Å². The number of carbonyl (C=O) groups is 6. The molecule has 0 aromatic rings. The average Bonchev–Trinajstić information content (AvgIpc) is 3.30. The smallest absolute Gasteiger partial charge is 0.326 e. The fourth-order valence-electron chi connectivity index (χ4n) is 2.40. The van der Waals surface area contributed by atoms with Crippen LogP contribution in [-0.2, 0) is 28.8 Å². The molecule has 0 bridgehead atoms. The van der Waals surface area contributed by atoms with E-state index in [1.165, 1.54) is 0 Å². The van der Waals surface area contributed by atoms with E-state index in [0.717, 1.165) is 0 Å². The Labute approximate surface area is 188 Å². The molecule has 3 amide bonds. The minimum Gasteiger partial charge on any atom is -0.480 e. The van der Waals surface area contributed by atoms with Crippen molar-refractivity contribution in [2.24, 2.45) is 0 Å². The van der Waals surface area contributed by atoms with E-state index in [1.54, 1.807) is 0 Å². The standard InChI is InChI=1S/3C5H7NO3.Tm/c3*7-4-2-1-3(6-4)5(8)9;/h3*3H,1-2H2,(H,6,7)(H,8,9);. The van der Waals surface area contributed by atoms with Gasteiger partial charge in [-0.2, -0.15) is 0 Å². The van der Waals surface area contributed by atoms with Gasteiger partial charge in [-0.05, 0) is 19.3 Å². The molecular weight excluding hydrogens is 535 g/mol. The average molecular weight is 556 g/mol. The molecule has 3 aliphatic heterocycles. The molecule has 0 aromatic carbocycles.